The van der Waals surface area contributed by atoms with Crippen LogP contribution in [-0.4, -0.2) is 41.9 Å². The monoisotopic (exact) mass is 339 g/mol. The van der Waals surface area contributed by atoms with E-state index in [1.807, 2.05) is 6.92 Å². The number of benzene rings is 1. The van der Waals surface area contributed by atoms with Crippen LogP contribution in [0.2, 0.25) is 0 Å². The van der Waals surface area contributed by atoms with E-state index in [0.717, 1.165) is 17.4 Å². The van der Waals surface area contributed by atoms with Gasteiger partial charge in [0.25, 0.3) is 10.1 Å². The third kappa shape index (κ3) is 5.68. The fourth-order valence-electron chi connectivity index (χ4n) is 2.77. The molecule has 3 nitrogen and oxygen atoms in total. The van der Waals surface area contributed by atoms with E-state index in [-0.39, 0.29) is 21.2 Å². The highest BCUT2D eigenvalue weighted by Gasteiger charge is 2.21. The quantitative estimate of drug-likeness (QED) is 0.450. The van der Waals surface area contributed by atoms with Crippen LogP contribution in [0.15, 0.2) is 29.2 Å². The topological polar surface area (TPSA) is 43.4 Å². The molecule has 0 amide bonds. The van der Waals surface area contributed by atoms with Crippen LogP contribution in [0.3, 0.4) is 0 Å². The van der Waals surface area contributed by atoms with Crippen LogP contribution in [0.4, 0.5) is 0 Å². The zero-order valence-electron chi connectivity index (χ0n) is 13.5. The van der Waals surface area contributed by atoms with Crippen LogP contribution < -0.4 is 0 Å². The molecule has 1 aromatic rings. The Bertz CT molecular complexity index is 539. The minimum atomic E-state index is -3.59. The molecule has 1 aliphatic rings. The molecule has 1 aliphatic carbocycles. The summed E-state index contributed by atoms with van der Waals surface area (Å²) in [6.07, 6.45) is 7.53. The summed E-state index contributed by atoms with van der Waals surface area (Å²) in [7, 11) is -3.71. The molecule has 0 spiro atoms. The summed E-state index contributed by atoms with van der Waals surface area (Å²) in [5.41, 5.74) is 1.85. The summed E-state index contributed by atoms with van der Waals surface area (Å²) >= 11 is 0. The summed E-state index contributed by atoms with van der Waals surface area (Å²) in [4.78, 5) is 0.256. The summed E-state index contributed by atoms with van der Waals surface area (Å²) in [6.45, 7) is 4.54. The van der Waals surface area contributed by atoms with Crippen LogP contribution in [0.25, 0.3) is 0 Å². The maximum atomic E-state index is 12.1. The largest absolute Gasteiger partial charge is 0.296 e. The molecular weight excluding hydrogens is 314 g/mol. The lowest BCUT2D eigenvalue weighted by Gasteiger charge is -2.27. The van der Waals surface area contributed by atoms with E-state index in [9.17, 15) is 8.42 Å². The molecule has 1 atom stereocenters. The van der Waals surface area contributed by atoms with Gasteiger partial charge in [0.05, 0.1) is 11.5 Å². The first-order valence-electron chi connectivity index (χ1n) is 7.65. The van der Waals surface area contributed by atoms with Crippen molar-refractivity contribution in [3.63, 3.8) is 0 Å². The molecule has 0 saturated heterocycles. The van der Waals surface area contributed by atoms with Crippen molar-refractivity contribution in [2.24, 2.45) is 0 Å². The van der Waals surface area contributed by atoms with Gasteiger partial charge in [-0.3, -0.25) is 4.18 Å². The van der Waals surface area contributed by atoms with Gasteiger partial charge in [0, 0.05) is 8.41 Å². The predicted molar refractivity (Wildman–Crippen MR) is 94.7 cm³/mol. The molecule has 6 heteroatoms. The van der Waals surface area contributed by atoms with Gasteiger partial charge in [-0.2, -0.15) is 8.42 Å². The van der Waals surface area contributed by atoms with Crippen molar-refractivity contribution in [2.45, 2.75) is 49.6 Å². The molecule has 1 aromatic carbocycles. The second kappa shape index (κ2) is 9.05. The minimum absolute atomic E-state index is 0. The second-order valence-corrected chi connectivity index (χ2v) is 10.2. The Balaban J connectivity index is 0.00000242. The van der Waals surface area contributed by atoms with Crippen molar-refractivity contribution in [1.29, 1.82) is 0 Å². The van der Waals surface area contributed by atoms with Gasteiger partial charge in [0.1, 0.15) is 0 Å². The Morgan fingerprint density at radius 3 is 2.32 bits per heavy atom. The van der Waals surface area contributed by atoms with Crippen molar-refractivity contribution < 1.29 is 12.6 Å². The molecule has 121 valence electrons. The Morgan fingerprint density at radius 2 is 1.73 bits per heavy atom. The third-order valence-electron chi connectivity index (χ3n) is 4.19. The fraction of sp³-hybridized carbons (Fsp3) is 0.625. The lowest BCUT2D eigenvalue weighted by molar-refractivity contribution is 0.340. The normalized spacial score (nSPS) is 17.7. The van der Waals surface area contributed by atoms with Gasteiger partial charge >= 0.3 is 0 Å². The average Bonchev–Trinajstić information content (AvgIpc) is 2.48. The summed E-state index contributed by atoms with van der Waals surface area (Å²) in [6, 6.07) is 6.82. The first kappa shape index (κ1) is 19.7. The lowest BCUT2D eigenvalue weighted by atomic mass is 10.0. The highest BCUT2D eigenvalue weighted by molar-refractivity contribution is 7.86. The van der Waals surface area contributed by atoms with Crippen LogP contribution in [-0.2, 0) is 14.3 Å². The number of aryl methyl sites for hydroxylation is 1. The molecule has 0 aromatic heterocycles. The Labute approximate surface area is 138 Å². The maximum absolute atomic E-state index is 12.1. The predicted octanol–water partition coefficient (Wildman–Crippen LogP) is 3.76. The molecule has 0 heterocycles. The van der Waals surface area contributed by atoms with Gasteiger partial charge in [-0.15, -0.1) is 7.92 Å². The van der Waals surface area contributed by atoms with Crippen molar-refractivity contribution in [3.05, 3.63) is 29.8 Å². The van der Waals surface area contributed by atoms with Crippen molar-refractivity contribution >= 4 is 26.5 Å². The highest BCUT2D eigenvalue weighted by atomic mass is 32.2. The molecule has 0 bridgehead atoms. The van der Waals surface area contributed by atoms with Gasteiger partial charge in [0.15, 0.2) is 0 Å². The first-order chi connectivity index (χ1) is 9.99. The first-order valence-corrected chi connectivity index (χ1v) is 11.1. The molecule has 0 aliphatic heterocycles. The van der Waals surface area contributed by atoms with Crippen LogP contribution in [0, 0.1) is 6.92 Å². The van der Waals surface area contributed by atoms with E-state index in [1.165, 1.54) is 32.1 Å². The summed E-state index contributed by atoms with van der Waals surface area (Å²) in [5, 5.41) is 0. The van der Waals surface area contributed by atoms with E-state index in [4.69, 9.17) is 4.18 Å². The van der Waals surface area contributed by atoms with E-state index >= 15 is 0 Å². The molecule has 0 N–H and O–H groups in total. The number of hydrogen-bond donors (Lipinski definition) is 0. The summed E-state index contributed by atoms with van der Waals surface area (Å²) < 4.78 is 29.4. The van der Waals surface area contributed by atoms with Gasteiger partial charge in [-0.25, -0.2) is 0 Å². The number of hydrogen-bond acceptors (Lipinski definition) is 3. The van der Waals surface area contributed by atoms with E-state index in [0.29, 0.717) is 6.61 Å². The SMILES string of the molecule is Cc1ccc(S(=O)(=O)OCC[P@@](C)C2CCCCC2)cc1.[B]. The van der Waals surface area contributed by atoms with Crippen molar-refractivity contribution in [3.8, 4) is 0 Å². The highest BCUT2D eigenvalue weighted by Crippen LogP contribution is 2.44. The van der Waals surface area contributed by atoms with Crippen molar-refractivity contribution in [2.75, 3.05) is 19.4 Å². The number of rotatable bonds is 6. The van der Waals surface area contributed by atoms with E-state index in [2.05, 4.69) is 6.66 Å². The zero-order chi connectivity index (χ0) is 15.3. The zero-order valence-corrected chi connectivity index (χ0v) is 15.2. The molecule has 1 fully saturated rings. The van der Waals surface area contributed by atoms with Gasteiger partial charge in [0.2, 0.25) is 0 Å². The fourth-order valence-corrected chi connectivity index (χ4v) is 5.79. The van der Waals surface area contributed by atoms with Crippen molar-refractivity contribution in [1.82, 2.24) is 0 Å². The molecule has 2 rings (SSSR count). The molecular formula is C16H25BO3PS. The van der Waals surface area contributed by atoms with Crippen LogP contribution in [0.1, 0.15) is 37.7 Å². The smallest absolute Gasteiger partial charge is 0.266 e. The standard InChI is InChI=1S/C16H25O3PS.B/c1-14-8-10-16(11-9-14)21(17,18)19-12-13-20(2)15-6-4-3-5-7-15;/h8-11,15H,3-7,12-13H2,1-2H3;/t20-;/m1./s1. The Hall–Kier alpha value is -0.375. The molecule has 22 heavy (non-hydrogen) atoms. The van der Waals surface area contributed by atoms with Gasteiger partial charge < -0.3 is 0 Å². The van der Waals surface area contributed by atoms with Gasteiger partial charge in [-0.05, 0) is 50.4 Å². The maximum Gasteiger partial charge on any atom is 0.296 e. The van der Waals surface area contributed by atoms with E-state index in [1.54, 1.807) is 24.3 Å². The lowest BCUT2D eigenvalue weighted by Crippen LogP contribution is -2.15. The Kier molecular flexibility index (Phi) is 8.09. The minimum Gasteiger partial charge on any atom is -0.266 e. The van der Waals surface area contributed by atoms with Crippen LogP contribution >= 0.6 is 7.92 Å². The molecule has 1 saturated carbocycles. The Morgan fingerprint density at radius 1 is 1.14 bits per heavy atom. The molecule has 0 unspecified atom stereocenters. The second-order valence-electron chi connectivity index (χ2n) is 5.86. The third-order valence-corrected chi connectivity index (χ3v) is 8.17. The summed E-state index contributed by atoms with van der Waals surface area (Å²) in [5.74, 6) is 0. The molecule has 3 radical (unpaired) electrons. The average molecular weight is 339 g/mol. The van der Waals surface area contributed by atoms with E-state index < -0.39 is 10.1 Å². The van der Waals surface area contributed by atoms with Gasteiger partial charge in [-0.1, -0.05) is 37.0 Å². The van der Waals surface area contributed by atoms with Crippen LogP contribution in [0.5, 0.6) is 0 Å².